The Morgan fingerprint density at radius 1 is 1.03 bits per heavy atom. The first kappa shape index (κ1) is 20.1. The molecule has 0 unspecified atom stereocenters. The summed E-state index contributed by atoms with van der Waals surface area (Å²) in [7, 11) is 0. The number of aromatic amines is 1. The van der Waals surface area contributed by atoms with Gasteiger partial charge in [-0.1, -0.05) is 44.4 Å². The highest BCUT2D eigenvalue weighted by atomic mass is 15.0. The summed E-state index contributed by atoms with van der Waals surface area (Å²) in [5.41, 5.74) is 5.11. The van der Waals surface area contributed by atoms with Crippen LogP contribution < -0.4 is 5.32 Å². The first-order valence-electron chi connectivity index (χ1n) is 12.1. The highest BCUT2D eigenvalue weighted by Gasteiger charge is 2.25. The highest BCUT2D eigenvalue weighted by molar-refractivity contribution is 6.12. The molecule has 5 aromatic rings. The van der Waals surface area contributed by atoms with Crippen LogP contribution in [0.5, 0.6) is 0 Å². The van der Waals surface area contributed by atoms with Crippen LogP contribution in [-0.4, -0.2) is 31.5 Å². The molecule has 1 aliphatic rings. The standard InChI is InChI=1S/C27H28N6/c1-2-3-6-13-29-27-24-20(17-8-7-9-17)15-28-16-22(24)32-25(33-27)19-12-14-30-26-23(19)18-10-4-5-11-21(18)31-26/h4-5,10-12,14-17H,2-3,6-9,13H2,1H3,(H,30,31)(H,29,32,33). The molecule has 33 heavy (non-hydrogen) atoms. The molecule has 0 atom stereocenters. The number of H-pyrrole nitrogens is 1. The van der Waals surface area contributed by atoms with Crippen molar-refractivity contribution in [2.45, 2.75) is 51.4 Å². The Balaban J connectivity index is 1.55. The normalized spacial score (nSPS) is 14.2. The second-order valence-corrected chi connectivity index (χ2v) is 9.03. The van der Waals surface area contributed by atoms with Gasteiger partial charge < -0.3 is 10.3 Å². The van der Waals surface area contributed by atoms with Crippen molar-refractivity contribution < 1.29 is 0 Å². The first-order chi connectivity index (χ1) is 16.3. The Bertz CT molecular complexity index is 1450. The zero-order chi connectivity index (χ0) is 22.2. The van der Waals surface area contributed by atoms with Crippen LogP contribution in [0.1, 0.15) is 56.9 Å². The number of pyridine rings is 2. The van der Waals surface area contributed by atoms with Gasteiger partial charge in [-0.3, -0.25) is 4.98 Å². The van der Waals surface area contributed by atoms with E-state index in [1.165, 1.54) is 37.7 Å². The summed E-state index contributed by atoms with van der Waals surface area (Å²) in [6, 6.07) is 10.3. The van der Waals surface area contributed by atoms with E-state index in [9.17, 15) is 0 Å². The Hall–Kier alpha value is -3.54. The van der Waals surface area contributed by atoms with Crippen molar-refractivity contribution in [2.75, 3.05) is 11.9 Å². The van der Waals surface area contributed by atoms with Crippen molar-refractivity contribution in [2.24, 2.45) is 0 Å². The fourth-order valence-electron chi connectivity index (χ4n) is 4.92. The maximum atomic E-state index is 5.12. The summed E-state index contributed by atoms with van der Waals surface area (Å²) in [5.74, 6) is 2.21. The van der Waals surface area contributed by atoms with Crippen molar-refractivity contribution in [1.29, 1.82) is 0 Å². The smallest absolute Gasteiger partial charge is 0.163 e. The number of anilines is 1. The van der Waals surface area contributed by atoms with Gasteiger partial charge in [-0.2, -0.15) is 0 Å². The minimum Gasteiger partial charge on any atom is -0.369 e. The Morgan fingerprint density at radius 2 is 1.94 bits per heavy atom. The molecule has 166 valence electrons. The third kappa shape index (κ3) is 3.50. The summed E-state index contributed by atoms with van der Waals surface area (Å²) >= 11 is 0. The van der Waals surface area contributed by atoms with E-state index in [-0.39, 0.29) is 0 Å². The molecule has 1 fully saturated rings. The minimum absolute atomic E-state index is 0.563. The van der Waals surface area contributed by atoms with Gasteiger partial charge in [0.15, 0.2) is 5.82 Å². The lowest BCUT2D eigenvalue weighted by atomic mass is 9.79. The van der Waals surface area contributed by atoms with Crippen LogP contribution in [0.2, 0.25) is 0 Å². The lowest BCUT2D eigenvalue weighted by Crippen LogP contribution is -2.12. The maximum absolute atomic E-state index is 5.12. The molecule has 4 aromatic heterocycles. The van der Waals surface area contributed by atoms with Gasteiger partial charge in [0.05, 0.1) is 11.7 Å². The predicted molar refractivity (Wildman–Crippen MR) is 135 cm³/mol. The number of para-hydroxylation sites is 1. The molecular weight excluding hydrogens is 408 g/mol. The zero-order valence-corrected chi connectivity index (χ0v) is 18.9. The molecule has 1 aromatic carbocycles. The zero-order valence-electron chi connectivity index (χ0n) is 18.9. The molecule has 0 bridgehead atoms. The number of nitrogens with zero attached hydrogens (tertiary/aromatic N) is 4. The average Bonchev–Trinajstić information content (AvgIpc) is 3.19. The van der Waals surface area contributed by atoms with Crippen molar-refractivity contribution in [1.82, 2.24) is 24.9 Å². The van der Waals surface area contributed by atoms with Gasteiger partial charge in [0.25, 0.3) is 0 Å². The number of benzene rings is 1. The van der Waals surface area contributed by atoms with Crippen LogP contribution in [0.4, 0.5) is 5.82 Å². The molecule has 0 aliphatic heterocycles. The molecule has 0 saturated heterocycles. The first-order valence-corrected chi connectivity index (χ1v) is 12.1. The van der Waals surface area contributed by atoms with Crippen molar-refractivity contribution in [3.8, 4) is 11.4 Å². The molecule has 0 amide bonds. The molecule has 4 heterocycles. The van der Waals surface area contributed by atoms with Gasteiger partial charge in [-0.05, 0) is 42.9 Å². The van der Waals surface area contributed by atoms with Crippen molar-refractivity contribution in [3.05, 3.63) is 54.5 Å². The largest absolute Gasteiger partial charge is 0.369 e. The summed E-state index contributed by atoms with van der Waals surface area (Å²) in [4.78, 5) is 22.7. The Morgan fingerprint density at radius 3 is 2.79 bits per heavy atom. The quantitative estimate of drug-likeness (QED) is 0.281. The second-order valence-electron chi connectivity index (χ2n) is 9.03. The summed E-state index contributed by atoms with van der Waals surface area (Å²) in [6.45, 7) is 3.14. The SMILES string of the molecule is CCCCCNc1nc(-c2ccnc3[nH]c4ccccc4c23)nc2cncc(C3CCC3)c12. The number of unbranched alkanes of at least 4 members (excludes halogenated alkanes) is 2. The van der Waals surface area contributed by atoms with Crippen LogP contribution in [0.15, 0.2) is 48.9 Å². The lowest BCUT2D eigenvalue weighted by Gasteiger charge is -2.27. The van der Waals surface area contributed by atoms with Gasteiger partial charge in [0.2, 0.25) is 0 Å². The highest BCUT2D eigenvalue weighted by Crippen LogP contribution is 2.41. The second kappa shape index (κ2) is 8.43. The fraction of sp³-hybridized carbons (Fsp3) is 0.333. The van der Waals surface area contributed by atoms with Crippen molar-refractivity contribution >= 4 is 38.7 Å². The fourth-order valence-corrected chi connectivity index (χ4v) is 4.92. The molecule has 0 spiro atoms. The van der Waals surface area contributed by atoms with Gasteiger partial charge in [0.1, 0.15) is 11.5 Å². The maximum Gasteiger partial charge on any atom is 0.163 e. The summed E-state index contributed by atoms with van der Waals surface area (Å²) < 4.78 is 0. The lowest BCUT2D eigenvalue weighted by molar-refractivity contribution is 0.421. The monoisotopic (exact) mass is 436 g/mol. The predicted octanol–water partition coefficient (Wildman–Crippen LogP) is 6.59. The van der Waals surface area contributed by atoms with E-state index in [0.29, 0.717) is 11.7 Å². The molecule has 2 N–H and O–H groups in total. The number of rotatable bonds is 7. The van der Waals surface area contributed by atoms with E-state index in [4.69, 9.17) is 9.97 Å². The number of hydrogen-bond acceptors (Lipinski definition) is 5. The van der Waals surface area contributed by atoms with E-state index in [0.717, 1.165) is 57.2 Å². The van der Waals surface area contributed by atoms with Crippen LogP contribution in [0, 0.1) is 0 Å². The van der Waals surface area contributed by atoms with E-state index >= 15 is 0 Å². The van der Waals surface area contributed by atoms with Gasteiger partial charge in [0, 0.05) is 46.2 Å². The number of nitrogens with one attached hydrogen (secondary N) is 2. The van der Waals surface area contributed by atoms with Crippen LogP contribution in [-0.2, 0) is 0 Å². The number of hydrogen-bond donors (Lipinski definition) is 2. The van der Waals surface area contributed by atoms with E-state index in [1.54, 1.807) is 0 Å². The molecule has 6 heteroatoms. The minimum atomic E-state index is 0.563. The molecule has 6 nitrogen and oxygen atoms in total. The van der Waals surface area contributed by atoms with E-state index < -0.39 is 0 Å². The molecule has 1 aliphatic carbocycles. The van der Waals surface area contributed by atoms with Crippen molar-refractivity contribution in [3.63, 3.8) is 0 Å². The Kier molecular flexibility index (Phi) is 5.13. The molecule has 0 radical (unpaired) electrons. The molecule has 6 rings (SSSR count). The summed E-state index contributed by atoms with van der Waals surface area (Å²) in [5, 5.41) is 6.99. The summed E-state index contributed by atoms with van der Waals surface area (Å²) in [6.07, 6.45) is 13.0. The molecule has 1 saturated carbocycles. The third-order valence-corrected chi connectivity index (χ3v) is 6.90. The van der Waals surface area contributed by atoms with Gasteiger partial charge >= 0.3 is 0 Å². The van der Waals surface area contributed by atoms with Gasteiger partial charge in [-0.25, -0.2) is 15.0 Å². The Labute approximate surface area is 192 Å². The van der Waals surface area contributed by atoms with Crippen LogP contribution in [0.25, 0.3) is 44.2 Å². The molecular formula is C27H28N6. The average molecular weight is 437 g/mol. The number of aromatic nitrogens is 5. The third-order valence-electron chi connectivity index (χ3n) is 6.90. The number of fused-ring (bicyclic) bond motifs is 4. The van der Waals surface area contributed by atoms with Crippen LogP contribution >= 0.6 is 0 Å². The van der Waals surface area contributed by atoms with E-state index in [1.807, 2.05) is 30.7 Å². The topological polar surface area (TPSA) is 79.4 Å². The van der Waals surface area contributed by atoms with Crippen LogP contribution in [0.3, 0.4) is 0 Å². The van der Waals surface area contributed by atoms with E-state index in [2.05, 4.69) is 45.4 Å². The van der Waals surface area contributed by atoms with Gasteiger partial charge in [-0.15, -0.1) is 0 Å².